The van der Waals surface area contributed by atoms with Crippen LogP contribution in [0.4, 0.5) is 5.69 Å². The van der Waals surface area contributed by atoms with Crippen LogP contribution in [-0.2, 0) is 0 Å². The van der Waals surface area contributed by atoms with Crippen LogP contribution in [0.2, 0.25) is 0 Å². The number of hydrogen-bond donors (Lipinski definition) is 0. The highest BCUT2D eigenvalue weighted by atomic mass is 32.2. The van der Waals surface area contributed by atoms with Gasteiger partial charge in [0.25, 0.3) is 0 Å². The molecule has 1 aromatic carbocycles. The molecule has 19 heavy (non-hydrogen) atoms. The highest BCUT2D eigenvalue weighted by molar-refractivity contribution is 7.99. The third-order valence-corrected chi connectivity index (χ3v) is 5.56. The van der Waals surface area contributed by atoms with Gasteiger partial charge >= 0.3 is 0 Å². The van der Waals surface area contributed by atoms with Crippen molar-refractivity contribution in [3.05, 3.63) is 36.0 Å². The van der Waals surface area contributed by atoms with Gasteiger partial charge < -0.3 is 4.90 Å². The molecule has 0 atom stereocenters. The van der Waals surface area contributed by atoms with E-state index in [9.17, 15) is 0 Å². The Bertz CT molecular complexity index is 490. The van der Waals surface area contributed by atoms with Crippen LogP contribution in [0.5, 0.6) is 0 Å². The molecular formula is C17H23NS. The van der Waals surface area contributed by atoms with E-state index in [0.717, 1.165) is 6.54 Å². The summed E-state index contributed by atoms with van der Waals surface area (Å²) >= 11 is 2.02. The Morgan fingerprint density at radius 1 is 1.16 bits per heavy atom. The maximum absolute atomic E-state index is 2.59. The maximum Gasteiger partial charge on any atom is 0.0546 e. The van der Waals surface area contributed by atoms with Crippen molar-refractivity contribution in [3.8, 4) is 0 Å². The van der Waals surface area contributed by atoms with Crippen LogP contribution in [0.1, 0.15) is 39.5 Å². The summed E-state index contributed by atoms with van der Waals surface area (Å²) in [7, 11) is 0. The molecule has 0 saturated heterocycles. The molecule has 0 bridgehead atoms. The molecule has 0 fully saturated rings. The molecule has 0 amide bonds. The predicted octanol–water partition coefficient (Wildman–Crippen LogP) is 5.08. The molecule has 1 aliphatic heterocycles. The SMILES string of the molecule is CC1(C)CSc2ccccc2N(C2=CCCCC2)C1. The van der Waals surface area contributed by atoms with Crippen LogP contribution < -0.4 is 4.90 Å². The van der Waals surface area contributed by atoms with Gasteiger partial charge in [0, 0.05) is 22.9 Å². The van der Waals surface area contributed by atoms with Gasteiger partial charge in [-0.2, -0.15) is 0 Å². The summed E-state index contributed by atoms with van der Waals surface area (Å²) in [6.45, 7) is 5.92. The van der Waals surface area contributed by atoms with Gasteiger partial charge in [0.2, 0.25) is 0 Å². The average molecular weight is 273 g/mol. The molecule has 102 valence electrons. The minimum absolute atomic E-state index is 0.363. The summed E-state index contributed by atoms with van der Waals surface area (Å²) < 4.78 is 0. The van der Waals surface area contributed by atoms with E-state index in [1.165, 1.54) is 42.0 Å². The fourth-order valence-corrected chi connectivity index (χ4v) is 4.10. The maximum atomic E-state index is 2.59. The molecule has 2 aliphatic rings. The van der Waals surface area contributed by atoms with Gasteiger partial charge in [-0.3, -0.25) is 0 Å². The van der Waals surface area contributed by atoms with Crippen LogP contribution in [0.15, 0.2) is 40.9 Å². The fraction of sp³-hybridized carbons (Fsp3) is 0.529. The van der Waals surface area contributed by atoms with Crippen LogP contribution in [0, 0.1) is 5.41 Å². The molecular weight excluding hydrogens is 250 g/mol. The van der Waals surface area contributed by atoms with Gasteiger partial charge in [0.1, 0.15) is 0 Å². The first kappa shape index (κ1) is 13.1. The van der Waals surface area contributed by atoms with Crippen molar-refractivity contribution in [1.82, 2.24) is 0 Å². The number of benzene rings is 1. The number of nitrogens with zero attached hydrogens (tertiary/aromatic N) is 1. The van der Waals surface area contributed by atoms with E-state index < -0.39 is 0 Å². The molecule has 1 aromatic rings. The average Bonchev–Trinajstić information content (AvgIpc) is 2.57. The first-order chi connectivity index (χ1) is 9.16. The summed E-state index contributed by atoms with van der Waals surface area (Å²) in [5.41, 5.74) is 3.34. The highest BCUT2D eigenvalue weighted by Gasteiger charge is 2.29. The van der Waals surface area contributed by atoms with E-state index in [1.54, 1.807) is 5.70 Å². The Balaban J connectivity index is 2.01. The molecule has 0 radical (unpaired) electrons. The second-order valence-electron chi connectivity index (χ2n) is 6.45. The van der Waals surface area contributed by atoms with Crippen LogP contribution >= 0.6 is 11.8 Å². The van der Waals surface area contributed by atoms with Crippen molar-refractivity contribution in [2.45, 2.75) is 44.4 Å². The van der Waals surface area contributed by atoms with Gasteiger partial charge in [-0.05, 0) is 43.2 Å². The molecule has 0 spiro atoms. The smallest absolute Gasteiger partial charge is 0.0546 e. The molecule has 0 unspecified atom stereocenters. The lowest BCUT2D eigenvalue weighted by atomic mass is 9.93. The number of hydrogen-bond acceptors (Lipinski definition) is 2. The number of para-hydroxylation sites is 1. The topological polar surface area (TPSA) is 3.24 Å². The third-order valence-electron chi connectivity index (χ3n) is 3.97. The minimum atomic E-state index is 0.363. The quantitative estimate of drug-likeness (QED) is 0.701. The molecule has 0 saturated carbocycles. The van der Waals surface area contributed by atoms with Gasteiger partial charge in [0.05, 0.1) is 5.69 Å². The van der Waals surface area contributed by atoms with Crippen LogP contribution in [0.25, 0.3) is 0 Å². The number of allylic oxidation sites excluding steroid dienone is 2. The fourth-order valence-electron chi connectivity index (χ4n) is 2.96. The first-order valence-corrected chi connectivity index (χ1v) is 8.33. The zero-order valence-electron chi connectivity index (χ0n) is 12.0. The Morgan fingerprint density at radius 2 is 2.00 bits per heavy atom. The minimum Gasteiger partial charge on any atom is -0.344 e. The number of thioether (sulfide) groups is 1. The zero-order chi connectivity index (χ0) is 13.3. The monoisotopic (exact) mass is 273 g/mol. The third kappa shape index (κ3) is 2.84. The van der Waals surface area contributed by atoms with Crippen molar-refractivity contribution in [1.29, 1.82) is 0 Å². The zero-order valence-corrected chi connectivity index (χ0v) is 12.8. The standard InChI is InChI=1S/C17H23NS/c1-17(2)12-18(14-8-4-3-5-9-14)15-10-6-7-11-16(15)19-13-17/h6-8,10-11H,3-5,9,12-13H2,1-2H3. The lowest BCUT2D eigenvalue weighted by molar-refractivity contribution is 0.428. The van der Waals surface area contributed by atoms with Crippen LogP contribution in [0.3, 0.4) is 0 Å². The Labute approximate surface area is 121 Å². The molecule has 2 heteroatoms. The molecule has 1 heterocycles. The summed E-state index contributed by atoms with van der Waals surface area (Å²) in [5.74, 6) is 1.20. The van der Waals surface area contributed by atoms with Crippen molar-refractivity contribution in [3.63, 3.8) is 0 Å². The van der Waals surface area contributed by atoms with Crippen molar-refractivity contribution >= 4 is 17.4 Å². The van der Waals surface area contributed by atoms with Gasteiger partial charge in [-0.1, -0.05) is 32.1 Å². The normalized spacial score (nSPS) is 22.4. The second kappa shape index (κ2) is 5.24. The Kier molecular flexibility index (Phi) is 3.62. The molecule has 1 nitrogen and oxygen atoms in total. The van der Waals surface area contributed by atoms with E-state index in [1.807, 2.05) is 11.8 Å². The highest BCUT2D eigenvalue weighted by Crippen LogP contribution is 2.42. The predicted molar refractivity (Wildman–Crippen MR) is 84.8 cm³/mol. The van der Waals surface area contributed by atoms with E-state index in [2.05, 4.69) is 49.1 Å². The second-order valence-corrected chi connectivity index (χ2v) is 7.47. The molecule has 0 N–H and O–H groups in total. The Morgan fingerprint density at radius 3 is 2.79 bits per heavy atom. The van der Waals surface area contributed by atoms with E-state index in [-0.39, 0.29) is 0 Å². The van der Waals surface area contributed by atoms with E-state index in [0.29, 0.717) is 5.41 Å². The molecule has 3 rings (SSSR count). The number of fused-ring (bicyclic) bond motifs is 1. The van der Waals surface area contributed by atoms with Crippen molar-refractivity contribution in [2.75, 3.05) is 17.2 Å². The summed E-state index contributed by atoms with van der Waals surface area (Å²) in [4.78, 5) is 4.04. The number of anilines is 1. The summed E-state index contributed by atoms with van der Waals surface area (Å²) in [5, 5.41) is 0. The molecule has 1 aliphatic carbocycles. The summed E-state index contributed by atoms with van der Waals surface area (Å²) in [6, 6.07) is 8.91. The van der Waals surface area contributed by atoms with Gasteiger partial charge in [-0.25, -0.2) is 0 Å². The van der Waals surface area contributed by atoms with Crippen LogP contribution in [-0.4, -0.2) is 12.3 Å². The Hall–Kier alpha value is -0.890. The summed E-state index contributed by atoms with van der Waals surface area (Å²) in [6.07, 6.45) is 7.66. The lowest BCUT2D eigenvalue weighted by Crippen LogP contribution is -2.34. The lowest BCUT2D eigenvalue weighted by Gasteiger charge is -2.34. The van der Waals surface area contributed by atoms with Crippen molar-refractivity contribution < 1.29 is 0 Å². The van der Waals surface area contributed by atoms with Gasteiger partial charge in [0.15, 0.2) is 0 Å². The largest absolute Gasteiger partial charge is 0.344 e. The van der Waals surface area contributed by atoms with E-state index >= 15 is 0 Å². The first-order valence-electron chi connectivity index (χ1n) is 7.34. The molecule has 0 aromatic heterocycles. The number of rotatable bonds is 1. The van der Waals surface area contributed by atoms with E-state index in [4.69, 9.17) is 0 Å². The van der Waals surface area contributed by atoms with Gasteiger partial charge in [-0.15, -0.1) is 11.8 Å². The van der Waals surface area contributed by atoms with Crippen molar-refractivity contribution in [2.24, 2.45) is 5.41 Å².